The maximum absolute atomic E-state index is 12.4. The van der Waals surface area contributed by atoms with Gasteiger partial charge in [-0.2, -0.15) is 4.39 Å². The molecule has 0 fully saturated rings. The molecule has 0 saturated carbocycles. The van der Waals surface area contributed by atoms with Crippen molar-refractivity contribution in [3.8, 4) is 11.1 Å². The predicted octanol–water partition coefficient (Wildman–Crippen LogP) is 5.04. The summed E-state index contributed by atoms with van der Waals surface area (Å²) in [4.78, 5) is 10.5. The molecule has 1 nitrogen and oxygen atoms in total. The number of carbonyl (C=O) groups is 1. The summed E-state index contributed by atoms with van der Waals surface area (Å²) < 4.78 is 12.4. The van der Waals surface area contributed by atoms with Gasteiger partial charge in [-0.15, -0.1) is 0 Å². The lowest BCUT2D eigenvalue weighted by Gasteiger charge is -2.04. The molecule has 0 spiro atoms. The highest BCUT2D eigenvalue weighted by molar-refractivity contribution is 5.91. The first-order valence-corrected chi connectivity index (χ1v) is 6.81. The van der Waals surface area contributed by atoms with Gasteiger partial charge in [0, 0.05) is 6.08 Å². The fourth-order valence-electron chi connectivity index (χ4n) is 2.53. The zero-order chi connectivity index (χ0) is 14.9. The van der Waals surface area contributed by atoms with Gasteiger partial charge in [-0.1, -0.05) is 38.1 Å². The minimum atomic E-state index is -1.42. The van der Waals surface area contributed by atoms with Crippen molar-refractivity contribution >= 4 is 12.1 Å². The Kier molecular flexibility index (Phi) is 4.03. The van der Waals surface area contributed by atoms with E-state index in [1.165, 1.54) is 11.1 Å². The molecule has 2 aliphatic carbocycles. The Morgan fingerprint density at radius 2 is 1.85 bits per heavy atom. The number of fused-ring (bicyclic) bond motifs is 1. The Morgan fingerprint density at radius 1 is 1.15 bits per heavy atom. The number of hydrogen-bond donors (Lipinski definition) is 0. The van der Waals surface area contributed by atoms with Crippen LogP contribution in [-0.2, 0) is 4.79 Å². The second kappa shape index (κ2) is 5.58. The van der Waals surface area contributed by atoms with Gasteiger partial charge in [0.1, 0.15) is 0 Å². The van der Waals surface area contributed by atoms with Crippen LogP contribution in [0.3, 0.4) is 0 Å². The molecule has 0 aromatic rings. The van der Waals surface area contributed by atoms with E-state index in [9.17, 15) is 9.18 Å². The summed E-state index contributed by atoms with van der Waals surface area (Å²) in [5.41, 5.74) is 6.70. The lowest BCUT2D eigenvalue weighted by molar-refractivity contribution is -0.124. The van der Waals surface area contributed by atoms with E-state index in [-0.39, 0.29) is 0 Å². The second-order valence-electron chi connectivity index (χ2n) is 5.52. The molecule has 0 amide bonds. The minimum absolute atomic E-state index is 0.450. The van der Waals surface area contributed by atoms with E-state index in [0.29, 0.717) is 5.92 Å². The summed E-state index contributed by atoms with van der Waals surface area (Å²) in [7, 11) is 0. The molecule has 0 heterocycles. The number of rotatable bonds is 3. The summed E-state index contributed by atoms with van der Waals surface area (Å²) in [5.74, 6) is 0.450. The highest BCUT2D eigenvalue weighted by Gasteiger charge is 2.15. The third-order valence-corrected chi connectivity index (χ3v) is 3.65. The standard InChI is InChI=1S/C18H19FO/c1-11(2)14-6-5-12(3)18-15(7-8-17(19)20)9-13(4)16(18)10-14/h5-11H,1-4H3/b8-7+. The van der Waals surface area contributed by atoms with Gasteiger partial charge in [0.2, 0.25) is 0 Å². The van der Waals surface area contributed by atoms with Crippen molar-refractivity contribution in [2.45, 2.75) is 33.6 Å². The number of halogens is 1. The molecule has 0 bridgehead atoms. The highest BCUT2D eigenvalue weighted by Crippen LogP contribution is 2.36. The third-order valence-electron chi connectivity index (χ3n) is 3.65. The molecule has 0 radical (unpaired) electrons. The Bertz CT molecular complexity index is 653. The summed E-state index contributed by atoms with van der Waals surface area (Å²) in [6.07, 6.45) is 2.53. The molecule has 2 aliphatic rings. The summed E-state index contributed by atoms with van der Waals surface area (Å²) in [5, 5.41) is 0. The van der Waals surface area contributed by atoms with Crippen LogP contribution >= 0.6 is 0 Å². The van der Waals surface area contributed by atoms with E-state index < -0.39 is 6.04 Å². The molecule has 20 heavy (non-hydrogen) atoms. The fourth-order valence-corrected chi connectivity index (χ4v) is 2.53. The van der Waals surface area contributed by atoms with Crippen LogP contribution in [0.1, 0.15) is 42.0 Å². The van der Waals surface area contributed by atoms with Crippen LogP contribution in [0.25, 0.3) is 17.2 Å². The number of carbonyl (C=O) groups excluding carboxylic acids is 1. The molecule has 0 aromatic carbocycles. The van der Waals surface area contributed by atoms with Crippen LogP contribution < -0.4 is 0 Å². The quantitative estimate of drug-likeness (QED) is 0.564. The molecule has 0 saturated heterocycles. The maximum atomic E-state index is 12.4. The van der Waals surface area contributed by atoms with Gasteiger partial charge in [0.15, 0.2) is 0 Å². The van der Waals surface area contributed by atoms with Gasteiger partial charge < -0.3 is 0 Å². The van der Waals surface area contributed by atoms with Gasteiger partial charge in [0.25, 0.3) is 0 Å². The fraction of sp³-hybridized carbons (Fsp3) is 0.278. The average molecular weight is 270 g/mol. The van der Waals surface area contributed by atoms with Gasteiger partial charge in [0.05, 0.1) is 0 Å². The van der Waals surface area contributed by atoms with Crippen molar-refractivity contribution in [2.75, 3.05) is 0 Å². The lowest BCUT2D eigenvalue weighted by atomic mass is 10.0. The predicted molar refractivity (Wildman–Crippen MR) is 81.8 cm³/mol. The maximum Gasteiger partial charge on any atom is 0.324 e. The summed E-state index contributed by atoms with van der Waals surface area (Å²) in [6, 6.07) is 7.00. The molecule has 0 atom stereocenters. The van der Waals surface area contributed by atoms with Crippen molar-refractivity contribution in [1.82, 2.24) is 0 Å². The normalized spacial score (nSPS) is 11.7. The molecule has 2 heteroatoms. The Morgan fingerprint density at radius 3 is 2.45 bits per heavy atom. The molecule has 104 valence electrons. The second-order valence-corrected chi connectivity index (χ2v) is 5.52. The zero-order valence-corrected chi connectivity index (χ0v) is 12.3. The molecule has 0 N–H and O–H groups in total. The van der Waals surface area contributed by atoms with Crippen LogP contribution in [0.4, 0.5) is 4.39 Å². The average Bonchev–Trinajstić information content (AvgIpc) is 2.55. The number of hydrogen-bond acceptors (Lipinski definition) is 1. The van der Waals surface area contributed by atoms with E-state index in [1.807, 2.05) is 19.9 Å². The van der Waals surface area contributed by atoms with Crippen LogP contribution in [0.5, 0.6) is 0 Å². The molecule has 0 aliphatic heterocycles. The van der Waals surface area contributed by atoms with Crippen LogP contribution in [0.2, 0.25) is 0 Å². The van der Waals surface area contributed by atoms with Crippen LogP contribution in [-0.4, -0.2) is 6.04 Å². The summed E-state index contributed by atoms with van der Waals surface area (Å²) in [6.45, 7) is 8.41. The molecule has 2 rings (SSSR count). The highest BCUT2D eigenvalue weighted by atomic mass is 19.1. The van der Waals surface area contributed by atoms with E-state index in [0.717, 1.165) is 28.3 Å². The van der Waals surface area contributed by atoms with Crippen molar-refractivity contribution in [2.24, 2.45) is 0 Å². The molecule has 0 unspecified atom stereocenters. The topological polar surface area (TPSA) is 17.1 Å². The Balaban J connectivity index is 2.66. The molecular weight excluding hydrogens is 251 g/mol. The van der Waals surface area contributed by atoms with Gasteiger partial charge in [-0.3, -0.25) is 4.79 Å². The number of allylic oxidation sites excluding steroid dienone is 1. The molecule has 0 aromatic heterocycles. The first-order chi connectivity index (χ1) is 9.40. The molecular formula is C18H19FO. The smallest absolute Gasteiger partial charge is 0.256 e. The van der Waals surface area contributed by atoms with Crippen molar-refractivity contribution < 1.29 is 9.18 Å². The summed E-state index contributed by atoms with van der Waals surface area (Å²) >= 11 is 0. The monoisotopic (exact) mass is 270 g/mol. The SMILES string of the molecule is Cc1cc(/C=C/C(=O)F)c2c(C)ccc(C(C)C)cc1-2. The minimum Gasteiger partial charge on any atom is -0.256 e. The van der Waals surface area contributed by atoms with E-state index in [2.05, 4.69) is 32.0 Å². The first-order valence-electron chi connectivity index (χ1n) is 6.81. The van der Waals surface area contributed by atoms with E-state index in [4.69, 9.17) is 0 Å². The van der Waals surface area contributed by atoms with E-state index in [1.54, 1.807) is 6.08 Å². The van der Waals surface area contributed by atoms with Gasteiger partial charge in [-0.05, 0) is 59.2 Å². The van der Waals surface area contributed by atoms with Crippen LogP contribution in [0.15, 0.2) is 30.3 Å². The van der Waals surface area contributed by atoms with Crippen molar-refractivity contribution in [3.63, 3.8) is 0 Å². The van der Waals surface area contributed by atoms with Crippen molar-refractivity contribution in [1.29, 1.82) is 0 Å². The third kappa shape index (κ3) is 2.79. The number of aryl methyl sites for hydroxylation is 2. The Labute approximate surface area is 119 Å². The first kappa shape index (κ1) is 14.4. The van der Waals surface area contributed by atoms with E-state index >= 15 is 0 Å². The van der Waals surface area contributed by atoms with Crippen LogP contribution in [0, 0.1) is 13.8 Å². The van der Waals surface area contributed by atoms with Gasteiger partial charge >= 0.3 is 6.04 Å². The Hall–Kier alpha value is -1.96. The largest absolute Gasteiger partial charge is 0.324 e. The zero-order valence-electron chi connectivity index (χ0n) is 12.3. The van der Waals surface area contributed by atoms with Crippen molar-refractivity contribution in [3.05, 3.63) is 52.6 Å². The van der Waals surface area contributed by atoms with Gasteiger partial charge in [-0.25, -0.2) is 0 Å². The lowest BCUT2D eigenvalue weighted by Crippen LogP contribution is -1.84.